The Labute approximate surface area is 176 Å². The molecule has 2 heterocycles. The number of rotatable bonds is 4. The van der Waals surface area contributed by atoms with Crippen molar-refractivity contribution in [1.82, 2.24) is 0 Å². The van der Waals surface area contributed by atoms with Gasteiger partial charge in [-0.15, -0.1) is 0 Å². The molecule has 4 rings (SSSR count). The Hall–Kier alpha value is -2.19. The first-order chi connectivity index (χ1) is 13.8. The van der Waals surface area contributed by atoms with Crippen LogP contribution in [0.2, 0.25) is 0 Å². The van der Waals surface area contributed by atoms with Crippen LogP contribution in [0, 0.1) is 20.8 Å². The Morgan fingerprint density at radius 3 is 2.59 bits per heavy atom. The molecular weight excluding hydrogens is 440 g/mol. The third-order valence-corrected chi connectivity index (χ3v) is 5.65. The zero-order valence-corrected chi connectivity index (χ0v) is 17.9. The molecule has 1 fully saturated rings. The Balaban J connectivity index is 1.53. The number of ether oxygens (including phenoxy) is 3. The molecule has 1 aromatic heterocycles. The number of benzene rings is 2. The molecule has 0 saturated carbocycles. The van der Waals surface area contributed by atoms with Gasteiger partial charge in [-0.1, -0.05) is 17.7 Å². The summed E-state index contributed by atoms with van der Waals surface area (Å²) in [6.07, 6.45) is -1.31. The molecule has 3 aromatic rings. The van der Waals surface area contributed by atoms with Crippen molar-refractivity contribution in [2.75, 3.05) is 6.61 Å². The van der Waals surface area contributed by atoms with E-state index < -0.39 is 18.2 Å². The molecule has 1 saturated heterocycles. The smallest absolute Gasteiger partial charge is 0.336 e. The van der Waals surface area contributed by atoms with E-state index in [0.29, 0.717) is 22.0 Å². The molecule has 7 heteroatoms. The fourth-order valence-electron chi connectivity index (χ4n) is 3.64. The molecule has 0 aliphatic carbocycles. The van der Waals surface area contributed by atoms with E-state index in [4.69, 9.17) is 18.6 Å². The van der Waals surface area contributed by atoms with Crippen LogP contribution in [0.3, 0.4) is 0 Å². The van der Waals surface area contributed by atoms with Crippen LogP contribution in [0.15, 0.2) is 44.0 Å². The van der Waals surface area contributed by atoms with Crippen molar-refractivity contribution in [3.8, 4) is 5.75 Å². The highest BCUT2D eigenvalue weighted by Gasteiger charge is 2.30. The van der Waals surface area contributed by atoms with Crippen LogP contribution >= 0.6 is 15.9 Å². The molecule has 152 valence electrons. The first-order valence-corrected chi connectivity index (χ1v) is 10.0. The van der Waals surface area contributed by atoms with Crippen LogP contribution in [0.25, 0.3) is 11.0 Å². The Kier molecular flexibility index (Phi) is 5.48. The number of phenols is 1. The fourth-order valence-corrected chi connectivity index (χ4v) is 3.98. The highest BCUT2D eigenvalue weighted by Crippen LogP contribution is 2.36. The maximum atomic E-state index is 11.9. The molecule has 1 N–H and O–H groups in total. The molecule has 29 heavy (non-hydrogen) atoms. The fraction of sp³-hybridized carbons (Fsp3) is 0.318. The molecule has 1 aliphatic rings. The second kappa shape index (κ2) is 7.91. The van der Waals surface area contributed by atoms with E-state index >= 15 is 0 Å². The molecule has 2 aromatic carbocycles. The van der Waals surface area contributed by atoms with Gasteiger partial charge in [0.15, 0.2) is 12.6 Å². The zero-order valence-electron chi connectivity index (χ0n) is 16.3. The van der Waals surface area contributed by atoms with Crippen molar-refractivity contribution in [3.05, 3.63) is 73.0 Å². The maximum Gasteiger partial charge on any atom is 0.336 e. The summed E-state index contributed by atoms with van der Waals surface area (Å²) in [4.78, 5) is 11.9. The number of hydrogen-bond donors (Lipinski definition) is 1. The molecule has 6 nitrogen and oxygen atoms in total. The number of hydrogen-bond acceptors (Lipinski definition) is 6. The van der Waals surface area contributed by atoms with Crippen molar-refractivity contribution in [2.24, 2.45) is 0 Å². The monoisotopic (exact) mass is 460 g/mol. The van der Waals surface area contributed by atoms with Crippen LogP contribution in [-0.2, 0) is 20.8 Å². The molecule has 0 spiro atoms. The van der Waals surface area contributed by atoms with Crippen LogP contribution in [0.4, 0.5) is 0 Å². The maximum absolute atomic E-state index is 11.9. The van der Waals surface area contributed by atoms with Gasteiger partial charge in [-0.05, 0) is 59.5 Å². The van der Waals surface area contributed by atoms with E-state index in [1.165, 1.54) is 28.8 Å². The van der Waals surface area contributed by atoms with Gasteiger partial charge in [0.25, 0.3) is 0 Å². The number of aryl methyl sites for hydroxylation is 3. The van der Waals surface area contributed by atoms with Crippen LogP contribution in [0.5, 0.6) is 5.75 Å². The normalized spacial score (nSPS) is 19.2. The lowest BCUT2D eigenvalue weighted by atomic mass is 10.0. The van der Waals surface area contributed by atoms with Gasteiger partial charge < -0.3 is 23.7 Å². The van der Waals surface area contributed by atoms with Gasteiger partial charge in [0.1, 0.15) is 17.9 Å². The first kappa shape index (κ1) is 20.1. The van der Waals surface area contributed by atoms with E-state index in [0.717, 1.165) is 5.56 Å². The Bertz CT molecular complexity index is 1110. The third-order valence-electron chi connectivity index (χ3n) is 5.01. The highest BCUT2D eigenvalue weighted by molar-refractivity contribution is 9.10. The predicted octanol–water partition coefficient (Wildman–Crippen LogP) is 4.77. The van der Waals surface area contributed by atoms with Gasteiger partial charge in [-0.3, -0.25) is 0 Å². The van der Waals surface area contributed by atoms with E-state index in [2.05, 4.69) is 48.8 Å². The summed E-state index contributed by atoms with van der Waals surface area (Å²) in [5.41, 5.74) is 4.95. The van der Waals surface area contributed by atoms with E-state index in [1.54, 1.807) is 6.07 Å². The van der Waals surface area contributed by atoms with Gasteiger partial charge in [0.05, 0.1) is 11.1 Å². The van der Waals surface area contributed by atoms with Gasteiger partial charge >= 0.3 is 5.63 Å². The van der Waals surface area contributed by atoms with Crippen LogP contribution < -0.4 is 5.63 Å². The van der Waals surface area contributed by atoms with Gasteiger partial charge in [-0.2, -0.15) is 0 Å². The summed E-state index contributed by atoms with van der Waals surface area (Å²) in [7, 11) is 0. The zero-order chi connectivity index (χ0) is 20.7. The summed E-state index contributed by atoms with van der Waals surface area (Å²) in [5, 5.41) is 10.5. The lowest BCUT2D eigenvalue weighted by Gasteiger charge is -2.16. The molecule has 1 aliphatic heterocycles. The van der Waals surface area contributed by atoms with Crippen molar-refractivity contribution in [2.45, 2.75) is 40.0 Å². The lowest BCUT2D eigenvalue weighted by Crippen LogP contribution is -2.15. The first-order valence-electron chi connectivity index (χ1n) is 9.23. The average molecular weight is 461 g/mol. The van der Waals surface area contributed by atoms with Crippen molar-refractivity contribution < 1.29 is 23.7 Å². The minimum Gasteiger partial charge on any atom is -0.507 e. The van der Waals surface area contributed by atoms with Gasteiger partial charge in [-0.25, -0.2) is 4.79 Å². The largest absolute Gasteiger partial charge is 0.507 e. The number of phenolic OH excluding ortho intramolecular Hbond substituents is 1. The SMILES string of the molecule is Cc1cc(C)c(COC2COC(c3cc(=O)oc4cc(O)c(Br)cc34)O2)c(C)c1. The van der Waals surface area contributed by atoms with Gasteiger partial charge in [0.2, 0.25) is 0 Å². The summed E-state index contributed by atoms with van der Waals surface area (Å²) < 4.78 is 23.2. The van der Waals surface area contributed by atoms with Crippen LogP contribution in [0.1, 0.15) is 34.1 Å². The van der Waals surface area contributed by atoms with Crippen LogP contribution in [-0.4, -0.2) is 18.0 Å². The number of aromatic hydroxyl groups is 1. The lowest BCUT2D eigenvalue weighted by molar-refractivity contribution is -0.150. The number of fused-ring (bicyclic) bond motifs is 1. The van der Waals surface area contributed by atoms with Gasteiger partial charge in [0, 0.05) is 23.1 Å². The third kappa shape index (κ3) is 4.09. The highest BCUT2D eigenvalue weighted by atomic mass is 79.9. The number of halogens is 1. The minimum absolute atomic E-state index is 0.0175. The summed E-state index contributed by atoms with van der Waals surface area (Å²) in [6.45, 7) is 6.86. The second-order valence-electron chi connectivity index (χ2n) is 7.24. The topological polar surface area (TPSA) is 78.1 Å². The summed E-state index contributed by atoms with van der Waals surface area (Å²) in [6, 6.07) is 8.65. The van der Waals surface area contributed by atoms with Crippen molar-refractivity contribution in [1.29, 1.82) is 0 Å². The molecule has 0 bridgehead atoms. The summed E-state index contributed by atoms with van der Waals surface area (Å²) in [5.74, 6) is -0.0175. The Morgan fingerprint density at radius 1 is 1.14 bits per heavy atom. The second-order valence-corrected chi connectivity index (χ2v) is 8.09. The molecular formula is C22H21BrO6. The Morgan fingerprint density at radius 2 is 1.86 bits per heavy atom. The standard InChI is InChI=1S/C22H21BrO6/c1-11-4-12(2)16(13(3)5-11)9-26-21-10-27-22(29-21)15-7-20(25)28-19-8-18(24)17(23)6-14(15)19/h4-8,21-22,24H,9-10H2,1-3H3. The summed E-state index contributed by atoms with van der Waals surface area (Å²) >= 11 is 3.28. The van der Waals surface area contributed by atoms with Crippen molar-refractivity contribution >= 4 is 26.9 Å². The molecule has 2 atom stereocenters. The van der Waals surface area contributed by atoms with E-state index in [1.807, 2.05) is 0 Å². The van der Waals surface area contributed by atoms with E-state index in [9.17, 15) is 9.90 Å². The predicted molar refractivity (Wildman–Crippen MR) is 111 cm³/mol. The van der Waals surface area contributed by atoms with E-state index in [-0.39, 0.29) is 17.9 Å². The molecule has 0 amide bonds. The molecule has 2 unspecified atom stereocenters. The van der Waals surface area contributed by atoms with Crippen molar-refractivity contribution in [3.63, 3.8) is 0 Å². The minimum atomic E-state index is -0.761. The average Bonchev–Trinajstić information content (AvgIpc) is 3.10. The molecule has 0 radical (unpaired) electrons. The quantitative estimate of drug-likeness (QED) is 0.564.